The molecule has 354 valence electrons. The maximum Gasteiger partial charge on any atom is 0.333 e. The first-order valence-corrected chi connectivity index (χ1v) is 25.9. The van der Waals surface area contributed by atoms with Crippen molar-refractivity contribution in [2.45, 2.75) is 78.6 Å². The lowest BCUT2D eigenvalue weighted by Gasteiger charge is -2.47. The average Bonchev–Trinajstić information content (AvgIpc) is 4.03. The number of rotatable bonds is 4. The van der Waals surface area contributed by atoms with E-state index in [1.54, 1.807) is 0 Å². The summed E-state index contributed by atoms with van der Waals surface area (Å²) in [6.07, 6.45) is 0. The van der Waals surface area contributed by atoms with Crippen LogP contribution in [0.1, 0.15) is 83.2 Å². The van der Waals surface area contributed by atoms with Crippen molar-refractivity contribution in [1.82, 2.24) is 0 Å². The molecule has 0 amide bonds. The fourth-order valence-corrected chi connectivity index (χ4v) is 12.8. The second-order valence-electron chi connectivity index (χ2n) is 23.3. The van der Waals surface area contributed by atoms with E-state index in [2.05, 4.69) is 254 Å². The predicted octanol–water partition coefficient (Wildman–Crippen LogP) is 17.6. The summed E-state index contributed by atoms with van der Waals surface area (Å²) in [4.78, 5) is 5.31. The molecule has 3 aliphatic rings. The molecule has 2 aromatic heterocycles. The Morgan fingerprint density at radius 2 is 1.10 bits per heavy atom. The molecule has 0 atom stereocenters. The highest BCUT2D eigenvalue weighted by Gasteiger charge is 2.51. The van der Waals surface area contributed by atoms with Crippen LogP contribution in [0.15, 0.2) is 191 Å². The van der Waals surface area contributed by atoms with Gasteiger partial charge in [0.15, 0.2) is 0 Å². The van der Waals surface area contributed by atoms with E-state index in [1.807, 2.05) is 0 Å². The van der Waals surface area contributed by atoms with Crippen molar-refractivity contribution < 1.29 is 8.83 Å². The smallest absolute Gasteiger partial charge is 0.333 e. The van der Waals surface area contributed by atoms with E-state index in [0.717, 1.165) is 72.4 Å². The van der Waals surface area contributed by atoms with E-state index in [0.29, 0.717) is 0 Å². The molecular weight excluding hydrogens is 888 g/mol. The summed E-state index contributed by atoms with van der Waals surface area (Å²) in [5.74, 6) is 1.73. The summed E-state index contributed by atoms with van der Waals surface area (Å²) in [5, 5.41) is 4.41. The number of nitrogens with zero attached hydrogens (tertiary/aromatic N) is 2. The van der Waals surface area contributed by atoms with Gasteiger partial charge in [-0.1, -0.05) is 189 Å². The zero-order valence-electron chi connectivity index (χ0n) is 43.1. The number of aryl methyl sites for hydroxylation is 1. The van der Waals surface area contributed by atoms with Gasteiger partial charge in [0, 0.05) is 78.2 Å². The van der Waals surface area contributed by atoms with Crippen LogP contribution in [0.3, 0.4) is 0 Å². The highest BCUT2D eigenvalue weighted by atomic mass is 16.3. The maximum absolute atomic E-state index is 7.25. The highest BCUT2D eigenvalue weighted by Crippen LogP contribution is 2.59. The standard InChI is InChI=1S/C68H57BN2O2/c1-40-34-44(67(5,6)7)30-33-56(40)70-58-38-53-52(64(41-20-12-10-13-21-41)73-65(53)42-22-14-11-15-23-42)37-55(58)69-62-51(36-50-46-24-16-18-26-54(46)68(8,9)61(50)63(62)70)48-35-49-47-25-17-19-27-59(47)72-60(49)39-57(48)71(69)45-31-28-43(29-32-45)66(2,3)4/h10-39H,1-9H3. The zero-order valence-corrected chi connectivity index (χ0v) is 43.1. The van der Waals surface area contributed by atoms with Crippen molar-refractivity contribution in [2.75, 3.05) is 9.71 Å². The van der Waals surface area contributed by atoms with E-state index in [4.69, 9.17) is 8.83 Å². The lowest BCUT2D eigenvalue weighted by molar-refractivity contribution is 0.589. The minimum Gasteiger partial charge on any atom is -0.456 e. The second-order valence-corrected chi connectivity index (χ2v) is 23.3. The summed E-state index contributed by atoms with van der Waals surface area (Å²) in [6, 6.07) is 67.7. The molecule has 0 spiro atoms. The first-order chi connectivity index (χ1) is 35.1. The first kappa shape index (κ1) is 43.7. The molecule has 0 saturated heterocycles. The largest absolute Gasteiger partial charge is 0.456 e. The van der Waals surface area contributed by atoms with E-state index in [9.17, 15) is 0 Å². The Hall–Kier alpha value is -8.02. The molecule has 5 heteroatoms. The van der Waals surface area contributed by atoms with Crippen LogP contribution >= 0.6 is 0 Å². The van der Waals surface area contributed by atoms with Gasteiger partial charge in [-0.2, -0.15) is 0 Å². The Kier molecular flexibility index (Phi) is 9.14. The SMILES string of the molecule is Cc1cc(C(C)(C)C)ccc1N1c2cc3c(-c4ccccc4)oc(-c4ccccc4)c3cc2B2c3c(cc4c(c31)C(C)(C)c1ccccc1-4)-c1cc3c(cc1N2c1ccc(C(C)(C)C)cc1)oc1ccccc13. The lowest BCUT2D eigenvalue weighted by Crippen LogP contribution is -2.62. The van der Waals surface area contributed by atoms with Crippen LogP contribution < -0.4 is 20.6 Å². The number of hydrogen-bond acceptors (Lipinski definition) is 4. The van der Waals surface area contributed by atoms with Gasteiger partial charge in [0.25, 0.3) is 0 Å². The summed E-state index contributed by atoms with van der Waals surface area (Å²) < 4.78 is 14.1. The van der Waals surface area contributed by atoms with Crippen molar-refractivity contribution in [3.63, 3.8) is 0 Å². The third-order valence-electron chi connectivity index (χ3n) is 16.4. The molecule has 2 aliphatic heterocycles. The number of benzene rings is 9. The molecule has 73 heavy (non-hydrogen) atoms. The van der Waals surface area contributed by atoms with Gasteiger partial charge in [0.2, 0.25) is 0 Å². The monoisotopic (exact) mass is 944 g/mol. The van der Waals surface area contributed by atoms with E-state index < -0.39 is 0 Å². The molecule has 9 aromatic carbocycles. The van der Waals surface area contributed by atoms with Gasteiger partial charge in [-0.05, 0) is 116 Å². The molecule has 0 bridgehead atoms. The number of anilines is 5. The second kappa shape index (κ2) is 15.3. The fourth-order valence-electron chi connectivity index (χ4n) is 12.8. The third kappa shape index (κ3) is 6.34. The topological polar surface area (TPSA) is 32.8 Å². The maximum atomic E-state index is 7.25. The quantitative estimate of drug-likeness (QED) is 0.165. The Bertz CT molecular complexity index is 4090. The van der Waals surface area contributed by atoms with E-state index in [-0.39, 0.29) is 23.1 Å². The Labute approximate surface area is 428 Å². The Morgan fingerprint density at radius 1 is 0.466 bits per heavy atom. The highest BCUT2D eigenvalue weighted by molar-refractivity contribution is 6.94. The van der Waals surface area contributed by atoms with Crippen LogP contribution in [0.4, 0.5) is 28.4 Å². The van der Waals surface area contributed by atoms with Crippen molar-refractivity contribution in [3.05, 3.63) is 210 Å². The first-order valence-electron chi connectivity index (χ1n) is 25.9. The van der Waals surface area contributed by atoms with Gasteiger partial charge in [-0.3, -0.25) is 0 Å². The molecule has 4 heterocycles. The zero-order chi connectivity index (χ0) is 49.9. The molecule has 14 rings (SSSR count). The predicted molar refractivity (Wildman–Crippen MR) is 308 cm³/mol. The summed E-state index contributed by atoms with van der Waals surface area (Å²) in [6.45, 7) is 20.8. The normalized spacial score (nSPS) is 14.4. The molecule has 0 unspecified atom stereocenters. The van der Waals surface area contributed by atoms with Crippen molar-refractivity contribution in [1.29, 1.82) is 0 Å². The molecule has 1 aliphatic carbocycles. The average molecular weight is 945 g/mol. The van der Waals surface area contributed by atoms with E-state index in [1.165, 1.54) is 72.4 Å². The third-order valence-corrected chi connectivity index (χ3v) is 16.4. The summed E-state index contributed by atoms with van der Waals surface area (Å²) >= 11 is 0. The molecule has 0 saturated carbocycles. The molecule has 11 aromatic rings. The lowest BCUT2D eigenvalue weighted by atomic mass is 9.42. The summed E-state index contributed by atoms with van der Waals surface area (Å²) in [5.41, 5.74) is 23.4. The van der Waals surface area contributed by atoms with Crippen LogP contribution in [-0.4, -0.2) is 6.85 Å². The van der Waals surface area contributed by atoms with Crippen LogP contribution in [0.25, 0.3) is 77.6 Å². The van der Waals surface area contributed by atoms with Crippen LogP contribution in [-0.2, 0) is 16.2 Å². The van der Waals surface area contributed by atoms with Gasteiger partial charge in [0.05, 0.1) is 0 Å². The molecule has 0 N–H and O–H groups in total. The summed E-state index contributed by atoms with van der Waals surface area (Å²) in [7, 11) is 0. The van der Waals surface area contributed by atoms with Crippen molar-refractivity contribution in [3.8, 4) is 44.9 Å². The number of para-hydroxylation sites is 1. The molecule has 4 nitrogen and oxygen atoms in total. The van der Waals surface area contributed by atoms with Crippen LogP contribution in [0, 0.1) is 6.92 Å². The number of hydrogen-bond donors (Lipinski definition) is 0. The Balaban J connectivity index is 1.19. The van der Waals surface area contributed by atoms with Crippen molar-refractivity contribution in [2.24, 2.45) is 0 Å². The molecule has 0 radical (unpaired) electrons. The van der Waals surface area contributed by atoms with Crippen LogP contribution in [0.2, 0.25) is 0 Å². The Morgan fingerprint density at radius 3 is 1.78 bits per heavy atom. The number of furan rings is 2. The molecular formula is C68H57BN2O2. The van der Waals surface area contributed by atoms with E-state index >= 15 is 0 Å². The minimum absolute atomic E-state index is 0.0186. The van der Waals surface area contributed by atoms with Gasteiger partial charge < -0.3 is 18.5 Å². The number of fused-ring (bicyclic) bond motifs is 12. The van der Waals surface area contributed by atoms with Gasteiger partial charge in [-0.15, -0.1) is 0 Å². The van der Waals surface area contributed by atoms with Gasteiger partial charge in [0.1, 0.15) is 22.7 Å². The molecule has 0 fully saturated rings. The van der Waals surface area contributed by atoms with Crippen molar-refractivity contribution >= 4 is 78.9 Å². The van der Waals surface area contributed by atoms with Crippen LogP contribution in [0.5, 0.6) is 0 Å². The minimum atomic E-state index is -0.338. The van der Waals surface area contributed by atoms with Gasteiger partial charge >= 0.3 is 6.85 Å². The fraction of sp³-hybridized carbons (Fsp3) is 0.176. The van der Waals surface area contributed by atoms with Gasteiger partial charge in [-0.25, -0.2) is 0 Å².